The van der Waals surface area contributed by atoms with Crippen molar-refractivity contribution in [2.24, 2.45) is 0 Å². The molecule has 0 fully saturated rings. The zero-order chi connectivity index (χ0) is 70.1. The van der Waals surface area contributed by atoms with E-state index in [2.05, 4.69) is 194 Å². The third-order valence-corrected chi connectivity index (χ3v) is 8.33. The number of likely N-dealkylation sites (N-methyl/N-ethyl adjacent to an activating group) is 7. The standard InChI is InChI=1S/7C8H18NO.2C2H2O4.BO3/c7*1-5-7-10-8-6-9(2,3)4;2*3-1(4)2(5)6;2-1(3)4/h7*5H,1,6-8H2,2-4H3;2*(H,3,4)(H,5,6);/q7*+1;;;-3/p-4. The zero-order valence-corrected chi connectivity index (χ0v) is 57.9. The highest BCUT2D eigenvalue weighted by atomic mass is 16.5. The summed E-state index contributed by atoms with van der Waals surface area (Å²) in [6.07, 6.45) is 12.4. The topological polar surface area (TPSA) is 294 Å². The van der Waals surface area contributed by atoms with Crippen LogP contribution in [0.5, 0.6) is 0 Å². The van der Waals surface area contributed by atoms with Gasteiger partial charge in [-0.2, -0.15) is 0 Å². The number of carboxylic acids is 4. The number of carboxylic acid groups (broad SMARTS) is 4. The number of aliphatic carboxylic acids is 4. The average Bonchev–Trinajstić information content (AvgIpc) is 3.33. The molecule has 0 aromatic rings. The molecule has 86 heavy (non-hydrogen) atoms. The van der Waals surface area contributed by atoms with E-state index >= 15 is 0 Å². The maximum absolute atomic E-state index is 8.93. The van der Waals surface area contributed by atoms with Gasteiger partial charge in [0.1, 0.15) is 45.8 Å². The second-order valence-electron chi connectivity index (χ2n) is 25.1. The molecule has 0 amide bonds. The Morgan fingerprint density at radius 3 is 0.395 bits per heavy atom. The summed E-state index contributed by atoms with van der Waals surface area (Å²) in [4.78, 5) is 35.7. The van der Waals surface area contributed by atoms with Crippen LogP contribution in [0, 0.1) is 0 Å². The normalized spacial score (nSPS) is 10.7. The van der Waals surface area contributed by atoms with E-state index in [1.54, 1.807) is 42.5 Å². The molecule has 26 heteroatoms. The molecule has 25 nitrogen and oxygen atoms in total. The van der Waals surface area contributed by atoms with Crippen LogP contribution >= 0.6 is 0 Å². The van der Waals surface area contributed by atoms with E-state index in [9.17, 15) is 0 Å². The third-order valence-electron chi connectivity index (χ3n) is 8.33. The van der Waals surface area contributed by atoms with Crippen molar-refractivity contribution in [1.29, 1.82) is 0 Å². The first kappa shape index (κ1) is 103. The van der Waals surface area contributed by atoms with E-state index in [-0.39, 0.29) is 0 Å². The largest absolute Gasteiger partial charge is 0.907 e. The van der Waals surface area contributed by atoms with Crippen molar-refractivity contribution < 1.29 is 119 Å². The lowest BCUT2D eigenvalue weighted by Gasteiger charge is -2.35. The van der Waals surface area contributed by atoms with E-state index in [4.69, 9.17) is 87.8 Å². The van der Waals surface area contributed by atoms with Gasteiger partial charge >= 0.3 is 0 Å². The summed E-state index contributed by atoms with van der Waals surface area (Å²) in [7, 11) is 42.2. The molecule has 0 radical (unpaired) electrons. The van der Waals surface area contributed by atoms with Crippen molar-refractivity contribution in [1.82, 2.24) is 0 Å². The Balaban J connectivity index is -0.0000000941. The van der Waals surface area contributed by atoms with Gasteiger partial charge in [-0.25, -0.2) is 0 Å². The van der Waals surface area contributed by atoms with Crippen molar-refractivity contribution in [3.05, 3.63) is 88.6 Å². The number of quaternary nitrogens is 7. The minimum atomic E-state index is -2.92. The van der Waals surface area contributed by atoms with E-state index in [1.165, 1.54) is 0 Å². The maximum atomic E-state index is 8.93. The third kappa shape index (κ3) is 178. The predicted octanol–water partition coefficient (Wildman–Crippen LogP) is -4.71. The lowest BCUT2D eigenvalue weighted by atomic mass is 10.3. The van der Waals surface area contributed by atoms with E-state index in [0.29, 0.717) is 46.2 Å². The Morgan fingerprint density at radius 1 is 0.267 bits per heavy atom. The molecule has 0 aliphatic rings. The molecule has 0 aromatic heterocycles. The molecular weight excluding hydrogens is 1120 g/mol. The van der Waals surface area contributed by atoms with E-state index < -0.39 is 31.2 Å². The van der Waals surface area contributed by atoms with Gasteiger partial charge < -0.3 is 119 Å². The van der Waals surface area contributed by atoms with Gasteiger partial charge in [0.05, 0.1) is 264 Å². The molecule has 0 saturated heterocycles. The van der Waals surface area contributed by atoms with Crippen LogP contribution in [0.25, 0.3) is 0 Å². The van der Waals surface area contributed by atoms with Crippen LogP contribution < -0.4 is 35.5 Å². The molecule has 0 aliphatic carbocycles. The molecule has 0 aromatic carbocycles. The fourth-order valence-corrected chi connectivity index (χ4v) is 3.54. The Kier molecular flexibility index (Phi) is 79.7. The van der Waals surface area contributed by atoms with Gasteiger partial charge in [-0.1, -0.05) is 42.5 Å². The smallest absolute Gasteiger partial charge is 0.102 e. The number of carbonyl (C=O) groups is 4. The number of ether oxygens (including phenoxy) is 7. The first-order valence-corrected chi connectivity index (χ1v) is 27.7. The van der Waals surface area contributed by atoms with Crippen molar-refractivity contribution in [2.45, 2.75) is 0 Å². The van der Waals surface area contributed by atoms with Gasteiger partial charge in [0, 0.05) is 0 Å². The molecule has 0 N–H and O–H groups in total. The van der Waals surface area contributed by atoms with Crippen LogP contribution in [-0.2, 0) is 52.3 Å². The van der Waals surface area contributed by atoms with E-state index in [1.807, 2.05) is 0 Å². The van der Waals surface area contributed by atoms with Crippen LogP contribution in [0.3, 0.4) is 0 Å². The Bertz CT molecular complexity index is 1320. The zero-order valence-electron chi connectivity index (χ0n) is 57.9. The van der Waals surface area contributed by atoms with Crippen LogP contribution in [0.4, 0.5) is 0 Å². The van der Waals surface area contributed by atoms with Crippen molar-refractivity contribution >= 4 is 31.2 Å². The minimum absolute atomic E-state index is 0.667. The molecule has 0 heterocycles. The summed E-state index contributed by atoms with van der Waals surface area (Å²) in [5.41, 5.74) is 0. The van der Waals surface area contributed by atoms with Crippen LogP contribution in [-0.4, -0.2) is 349 Å². The van der Waals surface area contributed by atoms with Gasteiger partial charge in [-0.15, -0.1) is 46.1 Å². The van der Waals surface area contributed by atoms with Gasteiger partial charge in [-0.3, -0.25) is 7.32 Å². The highest BCUT2D eigenvalue weighted by Crippen LogP contribution is 1.93. The second kappa shape index (κ2) is 66.4. The first-order valence-electron chi connectivity index (χ1n) is 27.7. The Morgan fingerprint density at radius 2 is 0.349 bits per heavy atom. The highest BCUT2D eigenvalue weighted by molar-refractivity contribution is 6.25. The first-order chi connectivity index (χ1) is 38.9. The quantitative estimate of drug-likeness (QED) is 0.0189. The fourth-order valence-electron chi connectivity index (χ4n) is 3.54. The van der Waals surface area contributed by atoms with Crippen molar-refractivity contribution in [3.63, 3.8) is 0 Å². The molecule has 0 bridgehead atoms. The van der Waals surface area contributed by atoms with Crippen molar-refractivity contribution in [3.8, 4) is 0 Å². The lowest BCUT2D eigenvalue weighted by Crippen LogP contribution is -2.56. The van der Waals surface area contributed by atoms with Crippen LogP contribution in [0.15, 0.2) is 88.6 Å². The summed E-state index contributed by atoms with van der Waals surface area (Å²) >= 11 is 0. The Labute approximate surface area is 523 Å². The summed E-state index contributed by atoms with van der Waals surface area (Å²) < 4.78 is 43.3. The number of hydrogen-bond acceptors (Lipinski definition) is 18. The summed E-state index contributed by atoms with van der Waals surface area (Å²) in [6.45, 7) is 42.7. The van der Waals surface area contributed by atoms with Gasteiger partial charge in [0.2, 0.25) is 0 Å². The number of carbonyl (C=O) groups excluding carboxylic acids is 4. The molecule has 0 spiro atoms. The molecule has 512 valence electrons. The Hall–Kier alpha value is -4.56. The maximum Gasteiger partial charge on any atom is 0.102 e. The lowest BCUT2D eigenvalue weighted by molar-refractivity contribution is -0.870. The molecule has 0 aliphatic heterocycles. The SMILES string of the molecule is C=CCOCC[N+](C)(C)C.C=CCOCC[N+](C)(C)C.C=CCOCC[N+](C)(C)C.C=CCOCC[N+](C)(C)C.C=CCOCC[N+](C)(C)C.C=CCOCC[N+](C)(C)C.C=CCOCC[N+](C)(C)C.O=C([O-])C(=O)[O-].O=C([O-])C(=O)[O-].[O-]B([O-])[O-]. The summed E-state index contributed by atoms with van der Waals surface area (Å²) in [6, 6.07) is 0. The molecule has 0 unspecified atom stereocenters. The average molecular weight is 1240 g/mol. The van der Waals surface area contributed by atoms with Crippen LogP contribution in [0.1, 0.15) is 0 Å². The fraction of sp³-hybridized carbons (Fsp3) is 0.700. The van der Waals surface area contributed by atoms with Gasteiger partial charge in [-0.05, 0) is 0 Å². The molecule has 0 rings (SSSR count). The highest BCUT2D eigenvalue weighted by Gasteiger charge is 2.09. The molecule has 0 atom stereocenters. The number of rotatable bonds is 35. The van der Waals surface area contributed by atoms with Gasteiger partial charge in [0.15, 0.2) is 0 Å². The molecular formula is C60H126BN7O18. The van der Waals surface area contributed by atoms with Crippen molar-refractivity contribution in [2.75, 3.05) is 286 Å². The summed E-state index contributed by atoms with van der Waals surface area (Å²) in [5.74, 6) is -8.74. The van der Waals surface area contributed by atoms with Gasteiger partial charge in [0.25, 0.3) is 0 Å². The number of nitrogens with zero attached hydrogens (tertiary/aromatic N) is 7. The summed E-state index contributed by atoms with van der Waals surface area (Å²) in [5, 5.41) is 61.0. The van der Waals surface area contributed by atoms with Crippen LogP contribution in [0.2, 0.25) is 0 Å². The second-order valence-corrected chi connectivity index (χ2v) is 25.1. The monoisotopic (exact) mass is 1240 g/mol. The molecule has 0 saturated carbocycles. The minimum Gasteiger partial charge on any atom is -0.907 e. The predicted molar refractivity (Wildman–Crippen MR) is 333 cm³/mol. The number of hydrogen-bond donors (Lipinski definition) is 0. The van der Waals surface area contributed by atoms with E-state index in [0.717, 1.165) is 123 Å².